The van der Waals surface area contributed by atoms with Crippen molar-refractivity contribution >= 4 is 27.5 Å². The van der Waals surface area contributed by atoms with E-state index in [4.69, 9.17) is 5.11 Å². The minimum Gasteiger partial charge on any atom is -0.476 e. The van der Waals surface area contributed by atoms with E-state index in [0.717, 1.165) is 0 Å². The van der Waals surface area contributed by atoms with Crippen LogP contribution < -0.4 is 0 Å². The first-order valence-corrected chi connectivity index (χ1v) is 5.59. The summed E-state index contributed by atoms with van der Waals surface area (Å²) >= 11 is 0. The Bertz CT molecular complexity index is 629. The minimum atomic E-state index is -4.08. The minimum absolute atomic E-state index is 0.157. The highest BCUT2D eigenvalue weighted by atomic mass is 32.2. The molecule has 1 aliphatic rings. The summed E-state index contributed by atoms with van der Waals surface area (Å²) < 4.78 is 26.0. The molecule has 0 atom stereocenters. The SMILES string of the molecule is O=C(O)C1=NS(=O)(=O)c2ccccc2C1=O. The maximum atomic E-state index is 11.6. The van der Waals surface area contributed by atoms with Crippen LogP contribution in [0.25, 0.3) is 0 Å². The van der Waals surface area contributed by atoms with Crippen molar-refractivity contribution in [3.63, 3.8) is 0 Å². The Kier molecular flexibility index (Phi) is 2.13. The summed E-state index contributed by atoms with van der Waals surface area (Å²) in [6.07, 6.45) is 0. The highest BCUT2D eigenvalue weighted by Gasteiger charge is 2.34. The van der Waals surface area contributed by atoms with Gasteiger partial charge in [-0.2, -0.15) is 8.42 Å². The third-order valence-corrected chi connectivity index (χ3v) is 3.37. The summed E-state index contributed by atoms with van der Waals surface area (Å²) in [5.41, 5.74) is -1.13. The van der Waals surface area contributed by atoms with E-state index in [9.17, 15) is 18.0 Å². The van der Waals surface area contributed by atoms with Gasteiger partial charge in [-0.25, -0.2) is 4.79 Å². The number of aliphatic carboxylic acids is 1. The second-order valence-electron chi connectivity index (χ2n) is 3.05. The van der Waals surface area contributed by atoms with Crippen LogP contribution in [-0.4, -0.2) is 31.0 Å². The molecule has 1 aromatic rings. The molecule has 7 heteroatoms. The number of hydrogen-bond donors (Lipinski definition) is 1. The lowest BCUT2D eigenvalue weighted by Crippen LogP contribution is -2.30. The fraction of sp³-hybridized carbons (Fsp3) is 0. The number of ketones is 1. The molecule has 0 aromatic heterocycles. The second kappa shape index (κ2) is 3.24. The first-order chi connectivity index (χ1) is 7.43. The van der Waals surface area contributed by atoms with Crippen LogP contribution in [0.5, 0.6) is 0 Å². The molecule has 0 radical (unpaired) electrons. The van der Waals surface area contributed by atoms with E-state index in [1.165, 1.54) is 24.3 Å². The van der Waals surface area contributed by atoms with Gasteiger partial charge in [0.05, 0.1) is 0 Å². The molecule has 1 heterocycles. The zero-order valence-corrected chi connectivity index (χ0v) is 8.56. The van der Waals surface area contributed by atoms with Gasteiger partial charge in [-0.05, 0) is 12.1 Å². The lowest BCUT2D eigenvalue weighted by molar-refractivity contribution is -0.129. The van der Waals surface area contributed by atoms with Crippen molar-refractivity contribution in [3.05, 3.63) is 29.8 Å². The summed E-state index contributed by atoms with van der Waals surface area (Å²) in [6.45, 7) is 0. The van der Waals surface area contributed by atoms with Crippen molar-refractivity contribution < 1.29 is 23.1 Å². The van der Waals surface area contributed by atoms with E-state index in [1.807, 2.05) is 0 Å². The van der Waals surface area contributed by atoms with Crippen LogP contribution in [-0.2, 0) is 14.8 Å². The van der Waals surface area contributed by atoms with Crippen molar-refractivity contribution in [2.24, 2.45) is 4.40 Å². The summed E-state index contributed by atoms with van der Waals surface area (Å²) in [5.74, 6) is -2.54. The van der Waals surface area contributed by atoms with Gasteiger partial charge in [0, 0.05) is 5.56 Å². The smallest absolute Gasteiger partial charge is 0.359 e. The molecule has 0 aliphatic carbocycles. The maximum absolute atomic E-state index is 11.6. The zero-order chi connectivity index (χ0) is 11.9. The molecular weight excluding hydrogens is 234 g/mol. The van der Waals surface area contributed by atoms with Gasteiger partial charge in [-0.1, -0.05) is 12.1 Å². The van der Waals surface area contributed by atoms with Crippen LogP contribution in [0.15, 0.2) is 33.6 Å². The lowest BCUT2D eigenvalue weighted by Gasteiger charge is -2.11. The third-order valence-electron chi connectivity index (χ3n) is 2.04. The Labute approximate surface area is 90.3 Å². The van der Waals surface area contributed by atoms with Crippen LogP contribution in [0.4, 0.5) is 0 Å². The van der Waals surface area contributed by atoms with Gasteiger partial charge >= 0.3 is 5.97 Å². The maximum Gasteiger partial charge on any atom is 0.359 e. The van der Waals surface area contributed by atoms with Gasteiger partial charge in [0.15, 0.2) is 0 Å². The van der Waals surface area contributed by atoms with E-state index in [-0.39, 0.29) is 10.5 Å². The molecule has 82 valence electrons. The Morgan fingerprint density at radius 2 is 1.88 bits per heavy atom. The number of fused-ring (bicyclic) bond motifs is 1. The van der Waals surface area contributed by atoms with Gasteiger partial charge in [0.25, 0.3) is 10.0 Å². The molecular formula is C9H5NO5S. The van der Waals surface area contributed by atoms with Crippen LogP contribution >= 0.6 is 0 Å². The van der Waals surface area contributed by atoms with Crippen LogP contribution in [0.1, 0.15) is 10.4 Å². The molecule has 0 amide bonds. The Balaban J connectivity index is 2.79. The Morgan fingerprint density at radius 1 is 1.25 bits per heavy atom. The molecule has 0 saturated carbocycles. The number of carboxylic acid groups (broad SMARTS) is 1. The van der Waals surface area contributed by atoms with E-state index in [1.54, 1.807) is 0 Å². The number of carbonyl (C=O) groups is 2. The number of carboxylic acids is 1. The average Bonchev–Trinajstić information content (AvgIpc) is 2.23. The van der Waals surface area contributed by atoms with Gasteiger partial charge in [0.2, 0.25) is 11.5 Å². The predicted octanol–water partition coefficient (Wildman–Crippen LogP) is 0.0972. The largest absolute Gasteiger partial charge is 0.476 e. The lowest BCUT2D eigenvalue weighted by atomic mass is 10.1. The number of Topliss-reactive ketones (excluding diaryl/α,β-unsaturated/α-hetero) is 1. The quantitative estimate of drug-likeness (QED) is 0.748. The van der Waals surface area contributed by atoms with Crippen molar-refractivity contribution in [1.29, 1.82) is 0 Å². The summed E-state index contributed by atoms with van der Waals surface area (Å²) in [4.78, 5) is 22.0. The highest BCUT2D eigenvalue weighted by molar-refractivity contribution is 7.90. The molecule has 0 bridgehead atoms. The van der Waals surface area contributed by atoms with E-state index >= 15 is 0 Å². The number of nitrogens with zero attached hydrogens (tertiary/aromatic N) is 1. The highest BCUT2D eigenvalue weighted by Crippen LogP contribution is 2.23. The fourth-order valence-corrected chi connectivity index (χ4v) is 2.54. The molecule has 0 fully saturated rings. The van der Waals surface area contributed by atoms with Crippen LogP contribution in [0.3, 0.4) is 0 Å². The standard InChI is InChI=1S/C9H5NO5S/c11-8-5-3-1-2-4-6(5)16(14,15)10-7(8)9(12)13/h1-4H,(H,12,13). The Hall–Kier alpha value is -2.02. The van der Waals surface area contributed by atoms with Crippen molar-refractivity contribution in [1.82, 2.24) is 0 Å². The number of carbonyl (C=O) groups excluding carboxylic acids is 1. The topological polar surface area (TPSA) is 101 Å². The number of benzene rings is 1. The second-order valence-corrected chi connectivity index (χ2v) is 4.62. The van der Waals surface area contributed by atoms with Gasteiger partial charge < -0.3 is 5.11 Å². The Morgan fingerprint density at radius 3 is 2.50 bits per heavy atom. The van der Waals surface area contributed by atoms with E-state index in [0.29, 0.717) is 0 Å². The van der Waals surface area contributed by atoms with Gasteiger partial charge in [-0.3, -0.25) is 4.79 Å². The van der Waals surface area contributed by atoms with Crippen molar-refractivity contribution in [2.75, 3.05) is 0 Å². The molecule has 2 rings (SSSR count). The summed E-state index contributed by atoms with van der Waals surface area (Å²) in [7, 11) is -4.08. The van der Waals surface area contributed by atoms with Gasteiger partial charge in [-0.15, -0.1) is 4.40 Å². The molecule has 16 heavy (non-hydrogen) atoms. The predicted molar refractivity (Wildman–Crippen MR) is 53.0 cm³/mol. The first kappa shape index (κ1) is 10.5. The summed E-state index contributed by atoms with van der Waals surface area (Å²) in [5, 5.41) is 8.65. The normalized spacial score (nSPS) is 17.5. The molecule has 1 aliphatic heterocycles. The van der Waals surface area contributed by atoms with Crippen LogP contribution in [0, 0.1) is 0 Å². The molecule has 0 spiro atoms. The number of sulfonamides is 1. The van der Waals surface area contributed by atoms with Crippen molar-refractivity contribution in [3.8, 4) is 0 Å². The first-order valence-electron chi connectivity index (χ1n) is 4.15. The molecule has 1 N–H and O–H groups in total. The fourth-order valence-electron chi connectivity index (χ4n) is 1.35. The molecule has 0 unspecified atom stereocenters. The van der Waals surface area contributed by atoms with Crippen LogP contribution in [0.2, 0.25) is 0 Å². The molecule has 6 nitrogen and oxygen atoms in total. The average molecular weight is 239 g/mol. The molecule has 0 saturated heterocycles. The van der Waals surface area contributed by atoms with E-state index in [2.05, 4.69) is 4.40 Å². The van der Waals surface area contributed by atoms with E-state index < -0.39 is 27.5 Å². The number of rotatable bonds is 1. The van der Waals surface area contributed by atoms with Crippen molar-refractivity contribution in [2.45, 2.75) is 4.90 Å². The molecule has 1 aromatic carbocycles. The third kappa shape index (κ3) is 1.41. The van der Waals surface area contributed by atoms with Gasteiger partial charge in [0.1, 0.15) is 4.90 Å². The number of hydrogen-bond acceptors (Lipinski definition) is 4. The zero-order valence-electron chi connectivity index (χ0n) is 7.75. The monoisotopic (exact) mass is 239 g/mol. The summed E-state index contributed by atoms with van der Waals surface area (Å²) in [6, 6.07) is 5.36.